The average Bonchev–Trinajstić information content (AvgIpc) is 2.52. The van der Waals surface area contributed by atoms with E-state index in [2.05, 4.69) is 26.8 Å². The van der Waals surface area contributed by atoms with Gasteiger partial charge in [-0.25, -0.2) is 0 Å². The average molecular weight is 166 g/mol. The number of allylic oxidation sites excluding steroid dienone is 1. The number of hydrogen-bond donors (Lipinski definition) is 1. The maximum atomic E-state index is 9.13. The fraction of sp³-hybridized carbons (Fsp3) is 0.818. The third kappa shape index (κ3) is 0.957. The first kappa shape index (κ1) is 8.31. The van der Waals surface area contributed by atoms with Crippen LogP contribution in [0.25, 0.3) is 0 Å². The van der Waals surface area contributed by atoms with Crippen LogP contribution in [0, 0.1) is 23.2 Å². The summed E-state index contributed by atoms with van der Waals surface area (Å²) in [5, 5.41) is 9.13. The Bertz CT molecular complexity index is 227. The molecule has 0 unspecified atom stereocenters. The maximum absolute atomic E-state index is 9.13. The summed E-state index contributed by atoms with van der Waals surface area (Å²) in [6.45, 7) is 7.17. The molecule has 2 rings (SSSR count). The van der Waals surface area contributed by atoms with Crippen molar-refractivity contribution in [3.05, 3.63) is 11.6 Å². The Morgan fingerprint density at radius 3 is 2.83 bits per heavy atom. The van der Waals surface area contributed by atoms with Crippen LogP contribution in [-0.4, -0.2) is 11.7 Å². The van der Waals surface area contributed by atoms with E-state index < -0.39 is 0 Å². The van der Waals surface area contributed by atoms with Crippen LogP contribution in [0.4, 0.5) is 0 Å². The van der Waals surface area contributed by atoms with Gasteiger partial charge in [0.25, 0.3) is 0 Å². The predicted octanol–water partition coefficient (Wildman–Crippen LogP) is 2.22. The normalized spacial score (nSPS) is 43.3. The first-order valence-corrected chi connectivity index (χ1v) is 4.86. The smallest absolute Gasteiger partial charge is 0.0496 e. The van der Waals surface area contributed by atoms with Gasteiger partial charge in [0, 0.05) is 12.5 Å². The Balaban J connectivity index is 2.16. The van der Waals surface area contributed by atoms with E-state index in [1.807, 2.05) is 0 Å². The molecule has 1 fully saturated rings. The molecular formula is C11H18O. The fourth-order valence-corrected chi connectivity index (χ4v) is 2.70. The molecular weight excluding hydrogens is 148 g/mol. The highest BCUT2D eigenvalue weighted by Gasteiger charge is 2.58. The second kappa shape index (κ2) is 2.35. The van der Waals surface area contributed by atoms with Crippen molar-refractivity contribution in [2.45, 2.75) is 27.2 Å². The second-order valence-electron chi connectivity index (χ2n) is 4.98. The Kier molecular flexibility index (Phi) is 1.63. The highest BCUT2D eigenvalue weighted by atomic mass is 16.3. The van der Waals surface area contributed by atoms with Crippen molar-refractivity contribution >= 4 is 0 Å². The van der Waals surface area contributed by atoms with Crippen molar-refractivity contribution in [1.82, 2.24) is 0 Å². The first-order valence-electron chi connectivity index (χ1n) is 4.86. The van der Waals surface area contributed by atoms with Gasteiger partial charge in [0.15, 0.2) is 0 Å². The summed E-state index contributed by atoms with van der Waals surface area (Å²) in [5.74, 6) is 2.10. The molecule has 3 atom stereocenters. The van der Waals surface area contributed by atoms with Gasteiger partial charge in [0.1, 0.15) is 0 Å². The van der Waals surface area contributed by atoms with Gasteiger partial charge in [-0.3, -0.25) is 0 Å². The molecule has 0 aromatic carbocycles. The van der Waals surface area contributed by atoms with Crippen LogP contribution in [0.15, 0.2) is 11.6 Å². The van der Waals surface area contributed by atoms with Gasteiger partial charge in [-0.15, -0.1) is 0 Å². The zero-order chi connectivity index (χ0) is 8.93. The van der Waals surface area contributed by atoms with Crippen molar-refractivity contribution in [1.29, 1.82) is 0 Å². The van der Waals surface area contributed by atoms with E-state index in [1.165, 1.54) is 12.0 Å². The Morgan fingerprint density at radius 1 is 1.58 bits per heavy atom. The van der Waals surface area contributed by atoms with Crippen molar-refractivity contribution in [3.8, 4) is 0 Å². The van der Waals surface area contributed by atoms with Gasteiger partial charge in [-0.2, -0.15) is 0 Å². The minimum absolute atomic E-state index is 0.335. The molecule has 0 radical (unpaired) electrons. The van der Waals surface area contributed by atoms with Crippen LogP contribution in [0.1, 0.15) is 27.2 Å². The summed E-state index contributed by atoms with van der Waals surface area (Å²) in [6.07, 6.45) is 3.59. The molecule has 2 aliphatic rings. The van der Waals surface area contributed by atoms with E-state index in [9.17, 15) is 0 Å². The van der Waals surface area contributed by atoms with Gasteiger partial charge in [0.2, 0.25) is 0 Å². The second-order valence-corrected chi connectivity index (χ2v) is 4.98. The molecule has 1 N–H and O–H groups in total. The molecule has 0 amide bonds. The van der Waals surface area contributed by atoms with Gasteiger partial charge < -0.3 is 5.11 Å². The molecule has 1 saturated carbocycles. The zero-order valence-electron chi connectivity index (χ0n) is 8.17. The summed E-state index contributed by atoms with van der Waals surface area (Å²) >= 11 is 0. The van der Waals surface area contributed by atoms with Crippen LogP contribution < -0.4 is 0 Å². The molecule has 0 aliphatic heterocycles. The molecule has 1 nitrogen and oxygen atoms in total. The highest BCUT2D eigenvalue weighted by molar-refractivity contribution is 5.24. The summed E-state index contributed by atoms with van der Waals surface area (Å²) in [7, 11) is 0. The van der Waals surface area contributed by atoms with Gasteiger partial charge in [-0.05, 0) is 30.6 Å². The number of fused-ring (bicyclic) bond motifs is 1. The van der Waals surface area contributed by atoms with Crippen LogP contribution in [0.2, 0.25) is 0 Å². The summed E-state index contributed by atoms with van der Waals surface area (Å²) < 4.78 is 0. The molecule has 0 aromatic heterocycles. The lowest BCUT2D eigenvalue weighted by Gasteiger charge is -2.18. The lowest BCUT2D eigenvalue weighted by Crippen LogP contribution is -2.12. The molecule has 0 bridgehead atoms. The molecule has 0 spiro atoms. The topological polar surface area (TPSA) is 20.2 Å². The minimum atomic E-state index is 0.335. The van der Waals surface area contributed by atoms with Crippen molar-refractivity contribution in [2.24, 2.45) is 23.2 Å². The number of rotatable bonds is 1. The predicted molar refractivity (Wildman–Crippen MR) is 49.7 cm³/mol. The molecule has 68 valence electrons. The molecule has 0 aromatic rings. The lowest BCUT2D eigenvalue weighted by molar-refractivity contribution is 0.227. The number of hydrogen-bond acceptors (Lipinski definition) is 1. The van der Waals surface area contributed by atoms with E-state index in [4.69, 9.17) is 5.11 Å². The van der Waals surface area contributed by atoms with Crippen molar-refractivity contribution < 1.29 is 5.11 Å². The summed E-state index contributed by atoms with van der Waals surface area (Å²) in [4.78, 5) is 0. The third-order valence-corrected chi connectivity index (χ3v) is 3.98. The van der Waals surface area contributed by atoms with E-state index in [0.717, 1.165) is 11.8 Å². The molecule has 12 heavy (non-hydrogen) atoms. The van der Waals surface area contributed by atoms with E-state index in [1.54, 1.807) is 0 Å². The van der Waals surface area contributed by atoms with Gasteiger partial charge in [-0.1, -0.05) is 25.5 Å². The molecule has 1 heteroatoms. The fourth-order valence-electron chi connectivity index (χ4n) is 2.70. The maximum Gasteiger partial charge on any atom is 0.0496 e. The van der Waals surface area contributed by atoms with E-state index in [-0.39, 0.29) is 0 Å². The standard InChI is InChI=1S/C11H18O/c1-7-4-9-10(11(9,2)3)5-8(7)6-12/h4,8-10,12H,5-6H2,1-3H3/t8-,9+,10+/m1/s1. The van der Waals surface area contributed by atoms with Crippen LogP contribution in [0.3, 0.4) is 0 Å². The first-order chi connectivity index (χ1) is 5.57. The minimum Gasteiger partial charge on any atom is -0.396 e. The van der Waals surface area contributed by atoms with Gasteiger partial charge in [0.05, 0.1) is 0 Å². The molecule has 2 aliphatic carbocycles. The Hall–Kier alpha value is -0.300. The monoisotopic (exact) mass is 166 g/mol. The lowest BCUT2D eigenvalue weighted by atomic mass is 9.89. The zero-order valence-corrected chi connectivity index (χ0v) is 8.17. The van der Waals surface area contributed by atoms with E-state index >= 15 is 0 Å². The van der Waals surface area contributed by atoms with Crippen molar-refractivity contribution in [2.75, 3.05) is 6.61 Å². The van der Waals surface area contributed by atoms with Crippen LogP contribution in [-0.2, 0) is 0 Å². The van der Waals surface area contributed by atoms with Gasteiger partial charge >= 0.3 is 0 Å². The Labute approximate surface area is 74.5 Å². The van der Waals surface area contributed by atoms with Crippen LogP contribution >= 0.6 is 0 Å². The number of aliphatic hydroxyl groups excluding tert-OH is 1. The Morgan fingerprint density at radius 2 is 2.25 bits per heavy atom. The van der Waals surface area contributed by atoms with Crippen LogP contribution in [0.5, 0.6) is 0 Å². The quantitative estimate of drug-likeness (QED) is 0.592. The number of aliphatic hydroxyl groups is 1. The molecule has 0 heterocycles. The SMILES string of the molecule is CC1=C[C@H]2[C@H](C[C@@H]1CO)C2(C)C. The largest absolute Gasteiger partial charge is 0.396 e. The third-order valence-electron chi connectivity index (χ3n) is 3.98. The van der Waals surface area contributed by atoms with Crippen molar-refractivity contribution in [3.63, 3.8) is 0 Å². The summed E-state index contributed by atoms with van der Waals surface area (Å²) in [6, 6.07) is 0. The summed E-state index contributed by atoms with van der Waals surface area (Å²) in [5.41, 5.74) is 1.93. The highest BCUT2D eigenvalue weighted by Crippen LogP contribution is 2.64. The molecule has 0 saturated heterocycles. The van der Waals surface area contributed by atoms with E-state index in [0.29, 0.717) is 17.9 Å².